The molecule has 10 heteroatoms. The van der Waals surface area contributed by atoms with Gasteiger partial charge in [-0.1, -0.05) is 63.4 Å². The van der Waals surface area contributed by atoms with E-state index in [2.05, 4.69) is 5.32 Å². The van der Waals surface area contributed by atoms with E-state index in [0.717, 1.165) is 48.4 Å². The molecule has 0 atom stereocenters. The first-order chi connectivity index (χ1) is 19.1. The number of hydrogen-bond acceptors (Lipinski definition) is 6. The van der Waals surface area contributed by atoms with E-state index in [0.29, 0.717) is 16.9 Å². The lowest BCUT2D eigenvalue weighted by molar-refractivity contribution is -0.136. The smallest absolute Gasteiger partial charge is 0.345 e. The number of carboxylic acids is 1. The fourth-order valence-corrected chi connectivity index (χ4v) is 5.04. The summed E-state index contributed by atoms with van der Waals surface area (Å²) in [7, 11) is 0. The average molecular weight is 549 g/mol. The normalized spacial score (nSPS) is 16.2. The quantitative estimate of drug-likeness (QED) is 0.409. The largest absolute Gasteiger partial charge is 0.481 e. The number of anilines is 2. The summed E-state index contributed by atoms with van der Waals surface area (Å²) < 4.78 is 0. The van der Waals surface area contributed by atoms with Gasteiger partial charge in [0.25, 0.3) is 0 Å². The molecular weight excluding hydrogens is 512 g/mol. The number of aliphatic hydroxyl groups excluding tert-OH is 1. The second-order valence-corrected chi connectivity index (χ2v) is 11.0. The predicted molar refractivity (Wildman–Crippen MR) is 151 cm³/mol. The summed E-state index contributed by atoms with van der Waals surface area (Å²) in [6, 6.07) is 13.2. The van der Waals surface area contributed by atoms with Gasteiger partial charge in [-0.2, -0.15) is 5.10 Å². The van der Waals surface area contributed by atoms with Crippen LogP contribution in [0.3, 0.4) is 0 Å². The Morgan fingerprint density at radius 2 is 1.75 bits per heavy atom. The minimum atomic E-state index is -1.06. The van der Waals surface area contributed by atoms with Crippen LogP contribution in [0.5, 0.6) is 0 Å². The molecule has 3 amide bonds. The molecule has 1 aliphatic carbocycles. The topological polar surface area (TPSA) is 140 Å². The summed E-state index contributed by atoms with van der Waals surface area (Å²) >= 11 is 0. The van der Waals surface area contributed by atoms with E-state index in [1.165, 1.54) is 4.90 Å². The van der Waals surface area contributed by atoms with Crippen molar-refractivity contribution in [3.8, 4) is 0 Å². The molecule has 1 fully saturated rings. The number of benzene rings is 2. The fourth-order valence-electron chi connectivity index (χ4n) is 5.04. The van der Waals surface area contributed by atoms with Gasteiger partial charge in [-0.15, -0.1) is 0 Å². The van der Waals surface area contributed by atoms with Gasteiger partial charge in [0.05, 0.1) is 31.0 Å². The average Bonchev–Trinajstić information content (AvgIpc) is 3.04. The van der Waals surface area contributed by atoms with Crippen LogP contribution in [-0.4, -0.2) is 64.3 Å². The number of amides is 3. The standard InChI is InChI=1S/C30H36N4O6/c1-30(2,19-35)25(36)17-33-24-14-7-6-13-23(24)28(21-10-4-3-5-11-21)32-34(29(33)40)18-26(37)31-22-12-8-9-20(15-22)16-27(38)39/h6-9,12-15,21,35H,3-5,10-11,16-19H2,1-2H3,(H,31,37)(H,38,39). The molecule has 1 saturated carbocycles. The van der Waals surface area contributed by atoms with Crippen molar-refractivity contribution in [1.29, 1.82) is 0 Å². The lowest BCUT2D eigenvalue weighted by Gasteiger charge is -2.29. The number of nitrogens with zero attached hydrogens (tertiary/aromatic N) is 3. The van der Waals surface area contributed by atoms with E-state index in [1.54, 1.807) is 50.2 Å². The number of carboxylic acid groups (broad SMARTS) is 1. The molecule has 0 spiro atoms. The van der Waals surface area contributed by atoms with Crippen molar-refractivity contribution in [1.82, 2.24) is 5.01 Å². The maximum atomic E-state index is 13.9. The van der Waals surface area contributed by atoms with Gasteiger partial charge in [-0.25, -0.2) is 9.80 Å². The van der Waals surface area contributed by atoms with E-state index in [9.17, 15) is 24.3 Å². The molecule has 0 saturated heterocycles. The van der Waals surface area contributed by atoms with Crippen molar-refractivity contribution in [2.45, 2.75) is 52.4 Å². The highest BCUT2D eigenvalue weighted by molar-refractivity contribution is 6.13. The van der Waals surface area contributed by atoms with Crippen molar-refractivity contribution in [2.75, 3.05) is 29.9 Å². The van der Waals surface area contributed by atoms with Crippen LogP contribution in [-0.2, 0) is 20.8 Å². The van der Waals surface area contributed by atoms with Crippen LogP contribution >= 0.6 is 0 Å². The number of aliphatic carboxylic acids is 1. The molecule has 1 aliphatic heterocycles. The number of ketones is 1. The molecule has 40 heavy (non-hydrogen) atoms. The van der Waals surface area contributed by atoms with Gasteiger partial charge in [-0.3, -0.25) is 19.3 Å². The highest BCUT2D eigenvalue weighted by atomic mass is 16.4. The summed E-state index contributed by atoms with van der Waals surface area (Å²) in [5, 5.41) is 27.4. The third kappa shape index (κ3) is 6.74. The summed E-state index contributed by atoms with van der Waals surface area (Å²) in [6.07, 6.45) is 4.85. The zero-order valence-electron chi connectivity index (χ0n) is 22.9. The van der Waals surface area contributed by atoms with Gasteiger partial charge in [-0.05, 0) is 36.6 Å². The Balaban J connectivity index is 1.67. The summed E-state index contributed by atoms with van der Waals surface area (Å²) in [5.74, 6) is -1.72. The van der Waals surface area contributed by atoms with Crippen molar-refractivity contribution in [2.24, 2.45) is 16.4 Å². The van der Waals surface area contributed by atoms with E-state index < -0.39 is 29.9 Å². The molecule has 212 valence electrons. The lowest BCUT2D eigenvalue weighted by Crippen LogP contribution is -2.47. The summed E-state index contributed by atoms with van der Waals surface area (Å²) in [4.78, 5) is 52.7. The molecule has 2 aromatic rings. The van der Waals surface area contributed by atoms with Crippen LogP contribution in [0.2, 0.25) is 0 Å². The Hall–Kier alpha value is -4.05. The van der Waals surface area contributed by atoms with Gasteiger partial charge in [0.2, 0.25) is 5.91 Å². The molecule has 0 bridgehead atoms. The molecule has 4 rings (SSSR count). The van der Waals surface area contributed by atoms with E-state index in [1.807, 2.05) is 12.1 Å². The first-order valence-electron chi connectivity index (χ1n) is 13.6. The summed E-state index contributed by atoms with van der Waals surface area (Å²) in [6.45, 7) is 2.19. The van der Waals surface area contributed by atoms with Crippen molar-refractivity contribution >= 4 is 40.8 Å². The number of Topliss-reactive ketones (excluding diaryl/α,β-unsaturated/α-hetero) is 1. The third-order valence-electron chi connectivity index (χ3n) is 7.45. The minimum absolute atomic E-state index is 0.102. The van der Waals surface area contributed by atoms with Crippen LogP contribution < -0.4 is 10.2 Å². The van der Waals surface area contributed by atoms with Crippen LogP contribution in [0.4, 0.5) is 16.2 Å². The molecule has 2 aliphatic rings. The minimum Gasteiger partial charge on any atom is -0.481 e. The number of aliphatic hydroxyl groups is 1. The second-order valence-electron chi connectivity index (χ2n) is 11.0. The Labute approximate surface area is 233 Å². The van der Waals surface area contributed by atoms with Crippen molar-refractivity contribution < 1.29 is 29.4 Å². The number of para-hydroxylation sites is 1. The number of carbonyl (C=O) groups is 4. The number of rotatable bonds is 10. The number of urea groups is 1. The van der Waals surface area contributed by atoms with Gasteiger partial charge >= 0.3 is 12.0 Å². The monoisotopic (exact) mass is 548 g/mol. The maximum Gasteiger partial charge on any atom is 0.345 e. The van der Waals surface area contributed by atoms with Crippen LogP contribution in [0.25, 0.3) is 0 Å². The Morgan fingerprint density at radius 3 is 2.45 bits per heavy atom. The van der Waals surface area contributed by atoms with Crippen LogP contribution in [0.1, 0.15) is 57.1 Å². The van der Waals surface area contributed by atoms with E-state index in [4.69, 9.17) is 10.2 Å². The second kappa shape index (κ2) is 12.4. The highest BCUT2D eigenvalue weighted by Gasteiger charge is 2.37. The molecule has 1 heterocycles. The Kier molecular flexibility index (Phi) is 8.99. The highest BCUT2D eigenvalue weighted by Crippen LogP contribution is 2.34. The zero-order chi connectivity index (χ0) is 28.9. The van der Waals surface area contributed by atoms with E-state index in [-0.39, 0.29) is 31.3 Å². The molecule has 3 N–H and O–H groups in total. The maximum absolute atomic E-state index is 13.9. The number of hydrazone groups is 1. The van der Waals surface area contributed by atoms with Crippen LogP contribution in [0, 0.1) is 11.3 Å². The van der Waals surface area contributed by atoms with Gasteiger partial charge in [0.1, 0.15) is 6.54 Å². The Morgan fingerprint density at radius 1 is 1.02 bits per heavy atom. The lowest BCUT2D eigenvalue weighted by atomic mass is 9.82. The zero-order valence-corrected chi connectivity index (χ0v) is 22.9. The molecule has 2 aromatic carbocycles. The number of carbonyl (C=O) groups excluding carboxylic acids is 3. The first kappa shape index (κ1) is 28.9. The van der Waals surface area contributed by atoms with Crippen molar-refractivity contribution in [3.05, 3.63) is 59.7 Å². The fraction of sp³-hybridized carbons (Fsp3) is 0.433. The van der Waals surface area contributed by atoms with Gasteiger partial charge in [0.15, 0.2) is 5.78 Å². The number of fused-ring (bicyclic) bond motifs is 1. The first-order valence-corrected chi connectivity index (χ1v) is 13.6. The third-order valence-corrected chi connectivity index (χ3v) is 7.45. The molecule has 0 unspecified atom stereocenters. The summed E-state index contributed by atoms with van der Waals surface area (Å²) in [5.41, 5.74) is 1.89. The van der Waals surface area contributed by atoms with E-state index >= 15 is 0 Å². The predicted octanol–water partition coefficient (Wildman–Crippen LogP) is 4.07. The van der Waals surface area contributed by atoms with Crippen LogP contribution in [0.15, 0.2) is 53.6 Å². The van der Waals surface area contributed by atoms with Gasteiger partial charge < -0.3 is 15.5 Å². The molecule has 0 aromatic heterocycles. The number of hydrogen-bond donors (Lipinski definition) is 3. The number of nitrogens with one attached hydrogen (secondary N) is 1. The van der Waals surface area contributed by atoms with Crippen molar-refractivity contribution in [3.63, 3.8) is 0 Å². The van der Waals surface area contributed by atoms with Gasteiger partial charge in [0, 0.05) is 22.6 Å². The SMILES string of the molecule is CC(C)(CO)C(=O)CN1C(=O)N(CC(=O)Nc2cccc(CC(=O)O)c2)N=C(C2CCCCC2)c2ccccc21. The molecule has 0 radical (unpaired) electrons. The molecule has 10 nitrogen and oxygen atoms in total. The molecular formula is C30H36N4O6. The Bertz CT molecular complexity index is 1310.